The van der Waals surface area contributed by atoms with Crippen molar-refractivity contribution in [2.75, 3.05) is 33.8 Å². The van der Waals surface area contributed by atoms with E-state index in [9.17, 15) is 5.21 Å². The Balaban J connectivity index is 1.70. The summed E-state index contributed by atoms with van der Waals surface area (Å²) in [7, 11) is 4.04. The average Bonchev–Trinajstić information content (AvgIpc) is 2.80. The highest BCUT2D eigenvalue weighted by molar-refractivity contribution is 5.87. The minimum Gasteiger partial charge on any atom is -0.622 e. The molecule has 2 aromatic carbocycles. The number of hydroxylamine groups is 2. The summed E-state index contributed by atoms with van der Waals surface area (Å²) in [5.74, 6) is 0.804. The van der Waals surface area contributed by atoms with E-state index in [1.54, 1.807) is 12.4 Å². The number of para-hydroxylation sites is 1. The maximum Gasteiger partial charge on any atom is 0.137 e. The number of hydrogen-bond acceptors (Lipinski definition) is 4. The molecule has 4 rings (SSSR count). The van der Waals surface area contributed by atoms with Gasteiger partial charge >= 0.3 is 0 Å². The van der Waals surface area contributed by atoms with Crippen LogP contribution < -0.4 is 9.38 Å². The van der Waals surface area contributed by atoms with Gasteiger partial charge in [-0.1, -0.05) is 36.4 Å². The first-order valence-electron chi connectivity index (χ1n) is 10.4. The molecule has 5 nitrogen and oxygen atoms in total. The van der Waals surface area contributed by atoms with Gasteiger partial charge in [-0.25, -0.2) is 0 Å². The molecule has 1 aromatic heterocycles. The summed E-state index contributed by atoms with van der Waals surface area (Å²) in [6.45, 7) is 1.76. The molecule has 0 saturated carbocycles. The fourth-order valence-electron chi connectivity index (χ4n) is 3.62. The first kappa shape index (κ1) is 21.0. The minimum absolute atomic E-state index is 0.307. The lowest BCUT2D eigenvalue weighted by molar-refractivity contribution is 0.261. The van der Waals surface area contributed by atoms with E-state index in [1.807, 2.05) is 86.9 Å². The Bertz CT molecular complexity index is 1080. The highest BCUT2D eigenvalue weighted by Gasteiger charge is 2.27. The van der Waals surface area contributed by atoms with Crippen LogP contribution in [0.15, 0.2) is 91.3 Å². The second kappa shape index (κ2) is 9.27. The van der Waals surface area contributed by atoms with E-state index in [2.05, 4.69) is 16.0 Å². The molecule has 5 heteroatoms. The maximum atomic E-state index is 14.0. The quantitative estimate of drug-likeness (QED) is 0.406. The van der Waals surface area contributed by atoms with Gasteiger partial charge in [0, 0.05) is 18.3 Å². The van der Waals surface area contributed by atoms with Gasteiger partial charge in [0.15, 0.2) is 0 Å². The Morgan fingerprint density at radius 2 is 1.81 bits per heavy atom. The van der Waals surface area contributed by atoms with Crippen molar-refractivity contribution in [3.05, 3.63) is 108 Å². The fraction of sp³-hybridized carbons (Fsp3) is 0.192. The molecule has 0 spiro atoms. The van der Waals surface area contributed by atoms with Gasteiger partial charge in [-0.05, 0) is 62.1 Å². The van der Waals surface area contributed by atoms with Gasteiger partial charge in [-0.15, -0.1) is 0 Å². The zero-order valence-electron chi connectivity index (χ0n) is 17.9. The second-order valence-corrected chi connectivity index (χ2v) is 7.94. The molecule has 0 radical (unpaired) electrons. The standard InChI is InChI=1S/C26H27N3O2/c1-28(2)15-16-31-25-12-8-9-21(18-25)22-17-23(26-13-6-7-14-27-26)20-29(30,19-22)24-10-4-3-5-11-24/h3-14,17-18,20H,15-16,19H2,1-2H3. The normalized spacial score (nSPS) is 18.5. The molecule has 0 aliphatic carbocycles. The molecule has 0 N–H and O–H groups in total. The van der Waals surface area contributed by atoms with Crippen LogP contribution in [-0.4, -0.2) is 43.7 Å². The van der Waals surface area contributed by atoms with Crippen molar-refractivity contribution in [1.29, 1.82) is 0 Å². The molecule has 1 atom stereocenters. The Morgan fingerprint density at radius 3 is 2.55 bits per heavy atom. The Morgan fingerprint density at radius 1 is 1.00 bits per heavy atom. The summed E-state index contributed by atoms with van der Waals surface area (Å²) in [5.41, 5.74) is 4.24. The Hall–Kier alpha value is -3.25. The van der Waals surface area contributed by atoms with Gasteiger partial charge in [-0.2, -0.15) is 0 Å². The molecule has 3 aromatic rings. The zero-order chi connectivity index (χ0) is 21.7. The van der Waals surface area contributed by atoms with Crippen LogP contribution >= 0.6 is 0 Å². The molecule has 1 aliphatic rings. The van der Waals surface area contributed by atoms with Gasteiger partial charge in [0.05, 0.1) is 11.3 Å². The predicted molar refractivity (Wildman–Crippen MR) is 127 cm³/mol. The van der Waals surface area contributed by atoms with E-state index in [1.165, 1.54) is 0 Å². The summed E-state index contributed by atoms with van der Waals surface area (Å²) >= 11 is 0. The molecule has 1 unspecified atom stereocenters. The molecule has 2 heterocycles. The minimum atomic E-state index is -0.565. The lowest BCUT2D eigenvalue weighted by Gasteiger charge is -2.41. The van der Waals surface area contributed by atoms with Crippen molar-refractivity contribution in [1.82, 2.24) is 14.5 Å². The van der Waals surface area contributed by atoms with E-state index in [0.29, 0.717) is 18.8 Å². The topological polar surface area (TPSA) is 48.4 Å². The Labute approximate surface area is 183 Å². The number of aromatic nitrogens is 1. The number of allylic oxidation sites excluding steroid dienone is 2. The van der Waals surface area contributed by atoms with Crippen LogP contribution in [0.4, 0.5) is 5.69 Å². The largest absolute Gasteiger partial charge is 0.622 e. The smallest absolute Gasteiger partial charge is 0.137 e. The second-order valence-electron chi connectivity index (χ2n) is 7.94. The first-order chi connectivity index (χ1) is 15.0. The van der Waals surface area contributed by atoms with Gasteiger partial charge < -0.3 is 14.8 Å². The van der Waals surface area contributed by atoms with Crippen molar-refractivity contribution >= 4 is 16.8 Å². The van der Waals surface area contributed by atoms with Gasteiger partial charge in [0.2, 0.25) is 0 Å². The molecule has 0 amide bonds. The number of likely N-dealkylation sites (N-methyl/N-ethyl adjacent to an activating group) is 1. The molecule has 0 saturated heterocycles. The van der Waals surface area contributed by atoms with Crippen molar-refractivity contribution in [2.45, 2.75) is 0 Å². The van der Waals surface area contributed by atoms with Crippen LogP contribution in [0, 0.1) is 5.21 Å². The lowest BCUT2D eigenvalue weighted by atomic mass is 9.97. The molecule has 31 heavy (non-hydrogen) atoms. The van der Waals surface area contributed by atoms with Crippen LogP contribution in [0.3, 0.4) is 0 Å². The molecule has 0 fully saturated rings. The summed E-state index contributed by atoms with van der Waals surface area (Å²) < 4.78 is 5.35. The van der Waals surface area contributed by atoms with Crippen LogP contribution in [0.25, 0.3) is 11.1 Å². The van der Waals surface area contributed by atoms with Crippen LogP contribution in [-0.2, 0) is 0 Å². The number of ether oxygens (including phenoxy) is 1. The summed E-state index contributed by atoms with van der Waals surface area (Å²) in [5, 5.41) is 14.0. The number of hydrogen-bond donors (Lipinski definition) is 0. The third-order valence-electron chi connectivity index (χ3n) is 5.25. The number of quaternary nitrogens is 1. The number of rotatable bonds is 7. The molecular weight excluding hydrogens is 386 g/mol. The van der Waals surface area contributed by atoms with Crippen molar-refractivity contribution < 1.29 is 4.74 Å². The summed E-state index contributed by atoms with van der Waals surface area (Å²) in [4.78, 5) is 6.56. The highest BCUT2D eigenvalue weighted by atomic mass is 16.5. The maximum absolute atomic E-state index is 14.0. The van der Waals surface area contributed by atoms with Gasteiger partial charge in [0.25, 0.3) is 0 Å². The van der Waals surface area contributed by atoms with Crippen molar-refractivity contribution in [3.63, 3.8) is 0 Å². The predicted octanol–water partition coefficient (Wildman–Crippen LogP) is 4.97. The Kier molecular flexibility index (Phi) is 6.28. The van der Waals surface area contributed by atoms with Crippen molar-refractivity contribution in [2.24, 2.45) is 0 Å². The molecule has 158 valence electrons. The van der Waals surface area contributed by atoms with Gasteiger partial charge in [0.1, 0.15) is 30.8 Å². The number of benzene rings is 2. The van der Waals surface area contributed by atoms with E-state index >= 15 is 0 Å². The number of pyridine rings is 1. The van der Waals surface area contributed by atoms with E-state index in [4.69, 9.17) is 4.74 Å². The SMILES string of the molecule is CN(C)CCOc1cccc(C2=CC(c3ccccn3)=C[N+]([O-])(c3ccccc3)C2)c1. The molecule has 1 aliphatic heterocycles. The van der Waals surface area contributed by atoms with Crippen LogP contribution in [0.5, 0.6) is 5.75 Å². The average molecular weight is 414 g/mol. The van der Waals surface area contributed by atoms with E-state index in [0.717, 1.165) is 34.7 Å². The van der Waals surface area contributed by atoms with Gasteiger partial charge in [-0.3, -0.25) is 9.63 Å². The van der Waals surface area contributed by atoms with Crippen molar-refractivity contribution in [3.8, 4) is 5.75 Å². The van der Waals surface area contributed by atoms with E-state index < -0.39 is 4.65 Å². The zero-order valence-corrected chi connectivity index (χ0v) is 17.9. The van der Waals surface area contributed by atoms with E-state index in [-0.39, 0.29) is 0 Å². The highest BCUT2D eigenvalue weighted by Crippen LogP contribution is 2.36. The summed E-state index contributed by atoms with van der Waals surface area (Å²) in [6, 6.07) is 23.2. The third-order valence-corrected chi connectivity index (χ3v) is 5.25. The summed E-state index contributed by atoms with van der Waals surface area (Å²) in [6.07, 6.45) is 5.57. The molecular formula is C26H27N3O2. The first-order valence-corrected chi connectivity index (χ1v) is 10.4. The van der Waals surface area contributed by atoms with Crippen LogP contribution in [0.2, 0.25) is 0 Å². The number of nitrogens with zero attached hydrogens (tertiary/aromatic N) is 3. The molecule has 0 bridgehead atoms. The monoisotopic (exact) mass is 413 g/mol. The van der Waals surface area contributed by atoms with Crippen LogP contribution in [0.1, 0.15) is 11.3 Å². The lowest BCUT2D eigenvalue weighted by Crippen LogP contribution is -2.40. The fourth-order valence-corrected chi connectivity index (χ4v) is 3.62. The third kappa shape index (κ3) is 5.09.